The van der Waals surface area contributed by atoms with Gasteiger partial charge >= 0.3 is 6.18 Å². The summed E-state index contributed by atoms with van der Waals surface area (Å²) in [5.74, 6) is -1.35. The van der Waals surface area contributed by atoms with E-state index in [1.807, 2.05) is 0 Å². The van der Waals surface area contributed by atoms with Crippen LogP contribution >= 0.6 is 0 Å². The van der Waals surface area contributed by atoms with Crippen molar-refractivity contribution in [3.63, 3.8) is 0 Å². The number of benzene rings is 1. The van der Waals surface area contributed by atoms with Crippen molar-refractivity contribution in [3.05, 3.63) is 35.6 Å². The van der Waals surface area contributed by atoms with Crippen molar-refractivity contribution in [3.8, 4) is 0 Å². The summed E-state index contributed by atoms with van der Waals surface area (Å²) in [7, 11) is 0. The van der Waals surface area contributed by atoms with Crippen LogP contribution in [-0.2, 0) is 0 Å². The Morgan fingerprint density at radius 3 is 2.42 bits per heavy atom. The molecule has 0 aliphatic carbocycles. The number of carbonyl (C=O) groups excluding carboxylic acids is 1. The fourth-order valence-electron chi connectivity index (χ4n) is 1.76. The predicted molar refractivity (Wildman–Crippen MR) is 63.5 cm³/mol. The Kier molecular flexibility index (Phi) is 5.47. The first-order valence-electron chi connectivity index (χ1n) is 5.90. The lowest BCUT2D eigenvalue weighted by Gasteiger charge is -2.22. The second-order valence-electron chi connectivity index (χ2n) is 4.23. The Hall–Kier alpha value is -1.43. The van der Waals surface area contributed by atoms with Gasteiger partial charge in [-0.2, -0.15) is 13.2 Å². The number of hydrogen-bond donors (Lipinski definition) is 0. The zero-order valence-electron chi connectivity index (χ0n) is 10.5. The van der Waals surface area contributed by atoms with Gasteiger partial charge in [0.25, 0.3) is 0 Å². The van der Waals surface area contributed by atoms with E-state index >= 15 is 0 Å². The normalized spacial score (nSPS) is 11.9. The summed E-state index contributed by atoms with van der Waals surface area (Å²) < 4.78 is 50.4. The number of alkyl halides is 3. The molecule has 0 atom stereocenters. The molecule has 0 aromatic heterocycles. The topological polar surface area (TPSA) is 20.3 Å². The lowest BCUT2D eigenvalue weighted by molar-refractivity contribution is -0.144. The summed E-state index contributed by atoms with van der Waals surface area (Å²) in [5.41, 5.74) is -0.175. The molecule has 0 fully saturated rings. The lowest BCUT2D eigenvalue weighted by atomic mass is 10.1. The lowest BCUT2D eigenvalue weighted by Crippen LogP contribution is -2.38. The maximum atomic E-state index is 13.4. The highest BCUT2D eigenvalue weighted by molar-refractivity contribution is 5.97. The molecule has 0 heterocycles. The molecule has 0 unspecified atom stereocenters. The third kappa shape index (κ3) is 5.38. The van der Waals surface area contributed by atoms with E-state index in [1.165, 1.54) is 18.2 Å². The average molecular weight is 277 g/mol. The first-order valence-corrected chi connectivity index (χ1v) is 5.90. The second kappa shape index (κ2) is 6.65. The highest BCUT2D eigenvalue weighted by atomic mass is 19.4. The van der Waals surface area contributed by atoms with Crippen LogP contribution in [0.5, 0.6) is 0 Å². The van der Waals surface area contributed by atoms with Crippen LogP contribution in [0.15, 0.2) is 24.3 Å². The van der Waals surface area contributed by atoms with Crippen LogP contribution in [0, 0.1) is 5.82 Å². The third-order valence-corrected chi connectivity index (χ3v) is 2.48. The Labute approximate surface area is 109 Å². The SMILES string of the molecule is CCCN(CC(=O)c1ccccc1F)CC(F)(F)F. The number of carbonyl (C=O) groups is 1. The molecule has 0 bridgehead atoms. The van der Waals surface area contributed by atoms with Crippen LogP contribution in [0.4, 0.5) is 17.6 Å². The Morgan fingerprint density at radius 2 is 1.89 bits per heavy atom. The van der Waals surface area contributed by atoms with Crippen molar-refractivity contribution in [1.29, 1.82) is 0 Å². The van der Waals surface area contributed by atoms with Gasteiger partial charge in [0.2, 0.25) is 0 Å². The summed E-state index contributed by atoms with van der Waals surface area (Å²) in [6.07, 6.45) is -3.88. The van der Waals surface area contributed by atoms with E-state index in [1.54, 1.807) is 6.92 Å². The molecule has 1 aromatic rings. The standard InChI is InChI=1S/C13H15F4NO/c1-2-7-18(9-13(15,16)17)8-12(19)10-5-3-4-6-11(10)14/h3-6H,2,7-9H2,1H3. The molecular weight excluding hydrogens is 262 g/mol. The molecule has 2 nitrogen and oxygen atoms in total. The fourth-order valence-corrected chi connectivity index (χ4v) is 1.76. The molecule has 0 amide bonds. The average Bonchev–Trinajstić information content (AvgIpc) is 2.27. The molecule has 106 valence electrons. The Bertz CT molecular complexity index is 431. The third-order valence-electron chi connectivity index (χ3n) is 2.48. The van der Waals surface area contributed by atoms with Gasteiger partial charge in [-0.05, 0) is 25.1 Å². The summed E-state index contributed by atoms with van der Waals surface area (Å²) in [6.45, 7) is 0.256. The molecule has 0 spiro atoms. The van der Waals surface area contributed by atoms with E-state index < -0.39 is 30.9 Å². The molecular formula is C13H15F4NO. The van der Waals surface area contributed by atoms with Gasteiger partial charge in [0.1, 0.15) is 5.82 Å². The number of rotatable bonds is 6. The minimum Gasteiger partial charge on any atom is -0.293 e. The maximum Gasteiger partial charge on any atom is 0.401 e. The Morgan fingerprint density at radius 1 is 1.26 bits per heavy atom. The molecule has 0 radical (unpaired) electrons. The first-order chi connectivity index (χ1) is 8.83. The van der Waals surface area contributed by atoms with Gasteiger partial charge in [0.15, 0.2) is 5.78 Å². The van der Waals surface area contributed by atoms with Crippen molar-refractivity contribution in [1.82, 2.24) is 4.90 Å². The van der Waals surface area contributed by atoms with E-state index in [0.717, 1.165) is 11.0 Å². The van der Waals surface area contributed by atoms with Crippen LogP contribution in [0.25, 0.3) is 0 Å². The summed E-state index contributed by atoms with van der Waals surface area (Å²) in [4.78, 5) is 12.8. The van der Waals surface area contributed by atoms with Crippen LogP contribution in [0.3, 0.4) is 0 Å². The first kappa shape index (κ1) is 15.6. The zero-order valence-corrected chi connectivity index (χ0v) is 10.5. The minimum absolute atomic E-state index is 0.139. The number of Topliss-reactive ketones (excluding diaryl/α,β-unsaturated/α-hetero) is 1. The summed E-state index contributed by atoms with van der Waals surface area (Å²) in [6, 6.07) is 5.28. The molecule has 0 aliphatic rings. The van der Waals surface area contributed by atoms with E-state index in [0.29, 0.717) is 6.42 Å². The van der Waals surface area contributed by atoms with E-state index in [-0.39, 0.29) is 12.1 Å². The minimum atomic E-state index is -4.37. The largest absolute Gasteiger partial charge is 0.401 e. The van der Waals surface area contributed by atoms with Gasteiger partial charge in [0.05, 0.1) is 18.7 Å². The molecule has 1 rings (SSSR count). The fraction of sp³-hybridized carbons (Fsp3) is 0.462. The molecule has 0 N–H and O–H groups in total. The highest BCUT2D eigenvalue weighted by Crippen LogP contribution is 2.17. The smallest absolute Gasteiger partial charge is 0.293 e. The second-order valence-corrected chi connectivity index (χ2v) is 4.23. The quantitative estimate of drug-likeness (QED) is 0.587. The molecule has 1 aromatic carbocycles. The van der Waals surface area contributed by atoms with Crippen molar-refractivity contribution >= 4 is 5.78 Å². The van der Waals surface area contributed by atoms with Crippen LogP contribution in [-0.4, -0.2) is 36.5 Å². The number of nitrogens with zero attached hydrogens (tertiary/aromatic N) is 1. The van der Waals surface area contributed by atoms with Crippen LogP contribution in [0.1, 0.15) is 23.7 Å². The molecule has 0 aliphatic heterocycles. The van der Waals surface area contributed by atoms with Gasteiger partial charge < -0.3 is 0 Å². The number of halogens is 4. The molecule has 19 heavy (non-hydrogen) atoms. The van der Waals surface area contributed by atoms with Gasteiger partial charge in [-0.1, -0.05) is 19.1 Å². The van der Waals surface area contributed by atoms with E-state index in [2.05, 4.69) is 0 Å². The van der Waals surface area contributed by atoms with Gasteiger partial charge in [-0.15, -0.1) is 0 Å². The summed E-state index contributed by atoms with van der Waals surface area (Å²) >= 11 is 0. The van der Waals surface area contributed by atoms with Gasteiger partial charge in [-0.25, -0.2) is 4.39 Å². The van der Waals surface area contributed by atoms with Crippen molar-refractivity contribution in [2.45, 2.75) is 19.5 Å². The maximum absolute atomic E-state index is 13.4. The van der Waals surface area contributed by atoms with Crippen LogP contribution < -0.4 is 0 Å². The van der Waals surface area contributed by atoms with E-state index in [4.69, 9.17) is 0 Å². The molecule has 6 heteroatoms. The van der Waals surface area contributed by atoms with E-state index in [9.17, 15) is 22.4 Å². The summed E-state index contributed by atoms with van der Waals surface area (Å²) in [5, 5.41) is 0. The van der Waals surface area contributed by atoms with Crippen LogP contribution in [0.2, 0.25) is 0 Å². The van der Waals surface area contributed by atoms with Crippen molar-refractivity contribution < 1.29 is 22.4 Å². The monoisotopic (exact) mass is 277 g/mol. The Balaban J connectivity index is 2.74. The molecule has 0 saturated carbocycles. The molecule has 0 saturated heterocycles. The van der Waals surface area contributed by atoms with Crippen molar-refractivity contribution in [2.75, 3.05) is 19.6 Å². The van der Waals surface area contributed by atoms with Gasteiger partial charge in [-0.3, -0.25) is 9.69 Å². The zero-order chi connectivity index (χ0) is 14.5. The van der Waals surface area contributed by atoms with Crippen molar-refractivity contribution in [2.24, 2.45) is 0 Å². The number of ketones is 1. The predicted octanol–water partition coefficient (Wildman–Crippen LogP) is 3.28. The van der Waals surface area contributed by atoms with Gasteiger partial charge in [0, 0.05) is 0 Å². The number of hydrogen-bond acceptors (Lipinski definition) is 2. The highest BCUT2D eigenvalue weighted by Gasteiger charge is 2.31.